The molecule has 6 unspecified atom stereocenters. The molecule has 0 aliphatic carbocycles. The standard InChI is InChI=1S/C21H34N3O8P/c22-14-8-7-13-9-12-20(23-14)10-5-3-1-2-4-6-11-21(13,24-19(20)27)17-15(25)16(26)18(31-17)32-33(28,29)30/h7-8,13,15-18,25-26H,1-6,9-12H2,(H2,22,23)(H,24,27)(H2,28,29,30)/t13?,15?,16?,17?,18?,20?,21-/m0/s1. The molecule has 1 spiro atoms. The SMILES string of the molecule is NC1=NC23CCCCCCCC[C@](C4OC(OP(=O)(O)O)C(O)C4O)(NC2=O)C(C=C1)CC3. The number of fused-ring (bicyclic) bond motifs is 5. The lowest BCUT2D eigenvalue weighted by atomic mass is 9.71. The van der Waals surface area contributed by atoms with E-state index in [1.54, 1.807) is 6.08 Å². The van der Waals surface area contributed by atoms with Gasteiger partial charge in [-0.1, -0.05) is 44.6 Å². The Balaban J connectivity index is 1.77. The van der Waals surface area contributed by atoms with Gasteiger partial charge in [-0.05, 0) is 31.8 Å². The number of hydrogen-bond donors (Lipinski definition) is 6. The molecule has 3 fully saturated rings. The van der Waals surface area contributed by atoms with Crippen LogP contribution in [0.4, 0.5) is 0 Å². The van der Waals surface area contributed by atoms with Crippen molar-refractivity contribution in [3.05, 3.63) is 12.2 Å². The van der Waals surface area contributed by atoms with Gasteiger partial charge in [0, 0.05) is 5.92 Å². The van der Waals surface area contributed by atoms with Crippen LogP contribution in [-0.2, 0) is 18.6 Å². The second kappa shape index (κ2) is 9.37. The van der Waals surface area contributed by atoms with E-state index in [-0.39, 0.29) is 17.7 Å². The number of ether oxygens (including phenoxy) is 1. The maximum absolute atomic E-state index is 13.7. The van der Waals surface area contributed by atoms with Gasteiger partial charge in [-0.3, -0.25) is 14.3 Å². The van der Waals surface area contributed by atoms with Gasteiger partial charge in [0.2, 0.25) is 5.91 Å². The van der Waals surface area contributed by atoms with Crippen molar-refractivity contribution in [2.24, 2.45) is 16.6 Å². The molecular weight excluding hydrogens is 453 g/mol. The highest BCUT2D eigenvalue weighted by Gasteiger charge is 2.60. The molecule has 0 aromatic rings. The Bertz CT molecular complexity index is 862. The third-order valence-electron chi connectivity index (χ3n) is 7.54. The van der Waals surface area contributed by atoms with Crippen LogP contribution in [0.25, 0.3) is 0 Å². The Hall–Kier alpha value is -1.33. The molecule has 12 heteroatoms. The van der Waals surface area contributed by atoms with Crippen LogP contribution in [0.15, 0.2) is 17.1 Å². The molecule has 3 bridgehead atoms. The number of hydrogen-bond acceptors (Lipinski definition) is 8. The highest BCUT2D eigenvalue weighted by atomic mass is 31.2. The Labute approximate surface area is 192 Å². The molecule has 7 N–H and O–H groups in total. The molecule has 33 heavy (non-hydrogen) atoms. The van der Waals surface area contributed by atoms with E-state index in [1.165, 1.54) is 0 Å². The predicted molar refractivity (Wildman–Crippen MR) is 118 cm³/mol. The molecule has 4 aliphatic heterocycles. The molecule has 4 heterocycles. The van der Waals surface area contributed by atoms with Gasteiger partial charge in [-0.2, -0.15) is 0 Å². The van der Waals surface area contributed by atoms with Crippen LogP contribution in [0, 0.1) is 5.92 Å². The first-order valence-electron chi connectivity index (χ1n) is 11.7. The van der Waals surface area contributed by atoms with E-state index in [9.17, 15) is 29.4 Å². The normalized spacial score (nSPS) is 42.5. The maximum Gasteiger partial charge on any atom is 0.472 e. The topological polar surface area (TPSA) is 184 Å². The smallest absolute Gasteiger partial charge is 0.387 e. The fourth-order valence-electron chi connectivity index (χ4n) is 5.86. The van der Waals surface area contributed by atoms with Crippen molar-refractivity contribution in [3.8, 4) is 0 Å². The van der Waals surface area contributed by atoms with Crippen LogP contribution in [0.1, 0.15) is 64.2 Å². The van der Waals surface area contributed by atoms with Gasteiger partial charge < -0.3 is 35.8 Å². The molecule has 186 valence electrons. The second-order valence-corrected chi connectivity index (χ2v) is 10.9. The number of aliphatic hydroxyl groups is 2. The molecular formula is C21H34N3O8P. The number of nitrogens with zero attached hydrogens (tertiary/aromatic N) is 1. The van der Waals surface area contributed by atoms with Crippen LogP contribution < -0.4 is 11.1 Å². The lowest BCUT2D eigenvalue weighted by molar-refractivity contribution is -0.148. The van der Waals surface area contributed by atoms with Gasteiger partial charge >= 0.3 is 7.82 Å². The fourth-order valence-corrected chi connectivity index (χ4v) is 6.31. The van der Waals surface area contributed by atoms with Gasteiger partial charge in [-0.25, -0.2) is 4.57 Å². The summed E-state index contributed by atoms with van der Waals surface area (Å²) >= 11 is 0. The number of carbonyl (C=O) groups is 1. The first kappa shape index (κ1) is 24.8. The third-order valence-corrected chi connectivity index (χ3v) is 8.02. The van der Waals surface area contributed by atoms with Crippen LogP contribution in [-0.4, -0.2) is 67.4 Å². The van der Waals surface area contributed by atoms with E-state index in [1.807, 2.05) is 6.08 Å². The number of carbonyl (C=O) groups excluding carboxylic acids is 1. The predicted octanol–water partition coefficient (Wildman–Crippen LogP) is 0.608. The van der Waals surface area contributed by atoms with Gasteiger partial charge in [0.25, 0.3) is 0 Å². The van der Waals surface area contributed by atoms with Crippen molar-refractivity contribution in [2.45, 2.75) is 99.9 Å². The quantitative estimate of drug-likeness (QED) is 0.310. The van der Waals surface area contributed by atoms with Gasteiger partial charge in [0.15, 0.2) is 6.29 Å². The van der Waals surface area contributed by atoms with Gasteiger partial charge in [-0.15, -0.1) is 0 Å². The number of rotatable bonds is 3. The number of aliphatic imine (C=N–C) groups is 1. The molecule has 0 saturated carbocycles. The molecule has 0 aromatic heterocycles. The number of amides is 1. The van der Waals surface area contributed by atoms with Crippen LogP contribution in [0.2, 0.25) is 0 Å². The summed E-state index contributed by atoms with van der Waals surface area (Å²) in [5, 5.41) is 24.6. The lowest BCUT2D eigenvalue weighted by Gasteiger charge is -2.44. The Morgan fingerprint density at radius 3 is 2.45 bits per heavy atom. The molecule has 0 aromatic carbocycles. The molecule has 1 amide bonds. The maximum atomic E-state index is 13.7. The van der Waals surface area contributed by atoms with Crippen molar-refractivity contribution in [3.63, 3.8) is 0 Å². The Morgan fingerprint density at radius 1 is 1.09 bits per heavy atom. The van der Waals surface area contributed by atoms with Crippen LogP contribution >= 0.6 is 7.82 Å². The summed E-state index contributed by atoms with van der Waals surface area (Å²) in [6.45, 7) is 0. The average molecular weight is 487 g/mol. The van der Waals surface area contributed by atoms with Crippen LogP contribution in [0.3, 0.4) is 0 Å². The number of nitrogens with one attached hydrogen (secondary N) is 1. The first-order valence-corrected chi connectivity index (χ1v) is 13.2. The Morgan fingerprint density at radius 2 is 1.76 bits per heavy atom. The van der Waals surface area contributed by atoms with Crippen molar-refractivity contribution in [2.75, 3.05) is 0 Å². The summed E-state index contributed by atoms with van der Waals surface area (Å²) in [5.41, 5.74) is 3.97. The largest absolute Gasteiger partial charge is 0.472 e. The zero-order valence-electron chi connectivity index (χ0n) is 18.5. The molecule has 0 radical (unpaired) electrons. The highest BCUT2D eigenvalue weighted by Crippen LogP contribution is 2.48. The number of phosphoric ester groups is 1. The van der Waals surface area contributed by atoms with Crippen molar-refractivity contribution in [1.82, 2.24) is 5.32 Å². The van der Waals surface area contributed by atoms with E-state index in [0.717, 1.165) is 38.5 Å². The summed E-state index contributed by atoms with van der Waals surface area (Å²) in [6, 6.07) is 0. The summed E-state index contributed by atoms with van der Waals surface area (Å²) in [6.07, 6.45) is 5.04. The minimum Gasteiger partial charge on any atom is -0.387 e. The van der Waals surface area contributed by atoms with Crippen molar-refractivity contribution in [1.29, 1.82) is 0 Å². The van der Waals surface area contributed by atoms with E-state index in [4.69, 9.17) is 10.5 Å². The number of phosphoric acid groups is 1. The Kier molecular flexibility index (Phi) is 7.04. The van der Waals surface area contributed by atoms with Crippen molar-refractivity contribution < 1.29 is 38.6 Å². The molecule has 4 rings (SSSR count). The fraction of sp³-hybridized carbons (Fsp3) is 0.810. The van der Waals surface area contributed by atoms with Crippen molar-refractivity contribution >= 4 is 19.6 Å². The molecule has 4 aliphatic rings. The minimum absolute atomic E-state index is 0.260. The molecule has 11 nitrogen and oxygen atoms in total. The summed E-state index contributed by atoms with van der Waals surface area (Å²) < 4.78 is 21.8. The summed E-state index contributed by atoms with van der Waals surface area (Å²) in [4.78, 5) is 36.8. The number of nitrogens with two attached hydrogens (primary N) is 1. The van der Waals surface area contributed by atoms with E-state index < -0.39 is 43.5 Å². The zero-order chi connectivity index (χ0) is 23.9. The molecule has 7 atom stereocenters. The van der Waals surface area contributed by atoms with E-state index in [0.29, 0.717) is 25.7 Å². The highest BCUT2D eigenvalue weighted by molar-refractivity contribution is 7.46. The lowest BCUT2D eigenvalue weighted by Crippen LogP contribution is -2.65. The third kappa shape index (κ3) is 4.91. The summed E-state index contributed by atoms with van der Waals surface area (Å²) in [7, 11) is -4.99. The van der Waals surface area contributed by atoms with Crippen LogP contribution in [0.5, 0.6) is 0 Å². The minimum atomic E-state index is -4.99. The zero-order valence-corrected chi connectivity index (χ0v) is 19.4. The van der Waals surface area contributed by atoms with Gasteiger partial charge in [0.1, 0.15) is 29.7 Å². The average Bonchev–Trinajstić information content (AvgIpc) is 2.95. The molecule has 3 saturated heterocycles. The monoisotopic (exact) mass is 487 g/mol. The van der Waals surface area contributed by atoms with E-state index in [2.05, 4.69) is 14.8 Å². The number of amidine groups is 1. The van der Waals surface area contributed by atoms with E-state index >= 15 is 0 Å². The van der Waals surface area contributed by atoms with Gasteiger partial charge in [0.05, 0.1) is 5.54 Å². The first-order chi connectivity index (χ1) is 15.6. The number of aliphatic hydroxyl groups excluding tert-OH is 2. The summed E-state index contributed by atoms with van der Waals surface area (Å²) in [5.74, 6) is -0.350. The second-order valence-electron chi connectivity index (χ2n) is 9.69.